The van der Waals surface area contributed by atoms with Crippen molar-refractivity contribution < 1.29 is 0 Å². The van der Waals surface area contributed by atoms with Crippen molar-refractivity contribution in [3.05, 3.63) is 30.9 Å². The van der Waals surface area contributed by atoms with Crippen molar-refractivity contribution in [2.24, 2.45) is 0 Å². The maximum absolute atomic E-state index is 5.65. The van der Waals surface area contributed by atoms with E-state index in [2.05, 4.69) is 15.0 Å². The third-order valence-electron chi connectivity index (χ3n) is 1.73. The van der Waals surface area contributed by atoms with Crippen LogP contribution < -0.4 is 10.9 Å². The molecule has 0 spiro atoms. The Morgan fingerprint density at radius 1 is 0.857 bits per heavy atom. The lowest BCUT2D eigenvalue weighted by Gasteiger charge is -2.02. The van der Waals surface area contributed by atoms with Crippen LogP contribution in [0, 0.1) is 0 Å². The second kappa shape index (κ2) is 3.62. The molecule has 62 valence electrons. The van der Waals surface area contributed by atoms with E-state index in [1.54, 1.807) is 18.2 Å². The highest BCUT2D eigenvalue weighted by Gasteiger charge is 2.00. The minimum Gasteiger partial charge on any atom is -0.225 e. The third kappa shape index (κ3) is 1.82. The average molecular weight is 177 g/mol. The van der Waals surface area contributed by atoms with E-state index in [0.717, 1.165) is 5.56 Å². The minimum atomic E-state index is 0.569. The van der Waals surface area contributed by atoms with Gasteiger partial charge >= 0.3 is 0 Å². The molecule has 1 heterocycles. The van der Waals surface area contributed by atoms with Crippen LogP contribution >= 0.6 is 0 Å². The van der Waals surface area contributed by atoms with Crippen molar-refractivity contribution in [1.29, 1.82) is 0 Å². The lowest BCUT2D eigenvalue weighted by molar-refractivity contribution is 1.06. The highest BCUT2D eigenvalue weighted by molar-refractivity contribution is 6.38. The first-order valence-corrected chi connectivity index (χ1v) is 4.04. The van der Waals surface area contributed by atoms with E-state index in [9.17, 15) is 0 Å². The molecule has 2 aromatic rings. The standard InChI is InChI=1S/C9H5B2N3/c10-7-1-6(2-8(11)3-7)9-13-4-12-5-14-9/h1-5H. The summed E-state index contributed by atoms with van der Waals surface area (Å²) in [5.74, 6) is 0.569. The molecule has 3 nitrogen and oxygen atoms in total. The molecule has 0 unspecified atom stereocenters. The van der Waals surface area contributed by atoms with Gasteiger partial charge in [0.25, 0.3) is 0 Å². The van der Waals surface area contributed by atoms with Crippen LogP contribution in [0.25, 0.3) is 11.4 Å². The molecule has 0 atom stereocenters. The van der Waals surface area contributed by atoms with E-state index < -0.39 is 0 Å². The van der Waals surface area contributed by atoms with Crippen molar-refractivity contribution in [3.63, 3.8) is 0 Å². The Bertz CT molecular complexity index is 425. The van der Waals surface area contributed by atoms with Crippen molar-refractivity contribution in [2.75, 3.05) is 0 Å². The van der Waals surface area contributed by atoms with Crippen LogP contribution in [0.15, 0.2) is 30.9 Å². The SMILES string of the molecule is [B]c1cc([B])cc(-c2ncncn2)c1. The molecule has 0 amide bonds. The van der Waals surface area contributed by atoms with Crippen LogP contribution in [0.1, 0.15) is 0 Å². The van der Waals surface area contributed by atoms with Gasteiger partial charge in [-0.15, -0.1) is 0 Å². The van der Waals surface area contributed by atoms with Crippen LogP contribution in [0.3, 0.4) is 0 Å². The van der Waals surface area contributed by atoms with E-state index in [0.29, 0.717) is 16.8 Å². The molecule has 0 N–H and O–H groups in total. The molecule has 1 aromatic carbocycles. The first-order chi connectivity index (χ1) is 6.75. The van der Waals surface area contributed by atoms with Crippen LogP contribution in [-0.4, -0.2) is 30.6 Å². The molecule has 4 radical (unpaired) electrons. The fourth-order valence-corrected chi connectivity index (χ4v) is 1.19. The Kier molecular flexibility index (Phi) is 2.31. The van der Waals surface area contributed by atoms with Crippen LogP contribution in [0.5, 0.6) is 0 Å². The van der Waals surface area contributed by atoms with Crippen molar-refractivity contribution in [2.45, 2.75) is 0 Å². The molecule has 0 aliphatic rings. The summed E-state index contributed by atoms with van der Waals surface area (Å²) >= 11 is 0. The van der Waals surface area contributed by atoms with Gasteiger partial charge in [0.15, 0.2) is 5.82 Å². The molecule has 0 fully saturated rings. The summed E-state index contributed by atoms with van der Waals surface area (Å²) in [6.07, 6.45) is 2.86. The molecule has 0 bridgehead atoms. The van der Waals surface area contributed by atoms with Crippen LogP contribution in [0.4, 0.5) is 0 Å². The number of rotatable bonds is 1. The summed E-state index contributed by atoms with van der Waals surface area (Å²) in [6.45, 7) is 0. The van der Waals surface area contributed by atoms with Crippen molar-refractivity contribution in [1.82, 2.24) is 15.0 Å². The maximum atomic E-state index is 5.65. The van der Waals surface area contributed by atoms with E-state index in [1.165, 1.54) is 12.7 Å². The number of hydrogen-bond donors (Lipinski definition) is 0. The largest absolute Gasteiger partial charge is 0.225 e. The molecule has 2 rings (SSSR count). The molecule has 0 aliphatic carbocycles. The van der Waals surface area contributed by atoms with Gasteiger partial charge < -0.3 is 0 Å². The lowest BCUT2D eigenvalue weighted by Crippen LogP contribution is -2.13. The average Bonchev–Trinajstić information content (AvgIpc) is 2.18. The predicted molar refractivity (Wildman–Crippen MR) is 56.0 cm³/mol. The highest BCUT2D eigenvalue weighted by atomic mass is 15.0. The second-order valence-corrected chi connectivity index (χ2v) is 2.85. The molecule has 1 aromatic heterocycles. The quantitative estimate of drug-likeness (QED) is 0.531. The molecular formula is C9H5B2N3. The van der Waals surface area contributed by atoms with Gasteiger partial charge in [-0.05, 0) is 0 Å². The summed E-state index contributed by atoms with van der Waals surface area (Å²) in [5, 5.41) is 0. The normalized spacial score (nSPS) is 10.0. The zero-order valence-electron chi connectivity index (χ0n) is 7.38. The Hall–Kier alpha value is -1.64. The van der Waals surface area contributed by atoms with Gasteiger partial charge in [-0.25, -0.2) is 15.0 Å². The summed E-state index contributed by atoms with van der Waals surface area (Å²) in [5.41, 5.74) is 1.99. The smallest absolute Gasteiger partial charge is 0.162 e. The maximum Gasteiger partial charge on any atom is 0.162 e. The predicted octanol–water partition coefficient (Wildman–Crippen LogP) is -0.874. The summed E-state index contributed by atoms with van der Waals surface area (Å²) in [7, 11) is 11.3. The summed E-state index contributed by atoms with van der Waals surface area (Å²) in [6, 6.07) is 5.22. The minimum absolute atomic E-state index is 0.569. The van der Waals surface area contributed by atoms with E-state index in [1.807, 2.05) is 0 Å². The van der Waals surface area contributed by atoms with Crippen LogP contribution in [0.2, 0.25) is 0 Å². The van der Waals surface area contributed by atoms with Gasteiger partial charge in [0, 0.05) is 5.56 Å². The molecule has 5 heteroatoms. The Morgan fingerprint density at radius 3 is 2.00 bits per heavy atom. The van der Waals surface area contributed by atoms with Crippen LogP contribution in [-0.2, 0) is 0 Å². The highest BCUT2D eigenvalue weighted by Crippen LogP contribution is 2.08. The second-order valence-electron chi connectivity index (χ2n) is 2.85. The van der Waals surface area contributed by atoms with Gasteiger partial charge in [-0.3, -0.25) is 0 Å². The number of aromatic nitrogens is 3. The van der Waals surface area contributed by atoms with E-state index >= 15 is 0 Å². The van der Waals surface area contributed by atoms with E-state index in [4.69, 9.17) is 15.7 Å². The van der Waals surface area contributed by atoms with Crippen molar-refractivity contribution in [3.8, 4) is 11.4 Å². The van der Waals surface area contributed by atoms with Gasteiger partial charge in [-0.2, -0.15) is 0 Å². The zero-order valence-corrected chi connectivity index (χ0v) is 7.38. The van der Waals surface area contributed by atoms with Crippen molar-refractivity contribution >= 4 is 26.6 Å². The first kappa shape index (κ1) is 8.94. The molecule has 0 saturated heterocycles. The fraction of sp³-hybridized carbons (Fsp3) is 0. The fourth-order valence-electron chi connectivity index (χ4n) is 1.19. The number of hydrogen-bond acceptors (Lipinski definition) is 3. The number of benzene rings is 1. The Morgan fingerprint density at radius 2 is 1.43 bits per heavy atom. The van der Waals surface area contributed by atoms with Gasteiger partial charge in [0.05, 0.1) is 0 Å². The van der Waals surface area contributed by atoms with Gasteiger partial charge in [-0.1, -0.05) is 29.1 Å². The van der Waals surface area contributed by atoms with Gasteiger partial charge in [0.1, 0.15) is 28.3 Å². The molecule has 14 heavy (non-hydrogen) atoms. The molecule has 0 saturated carbocycles. The summed E-state index contributed by atoms with van der Waals surface area (Å²) < 4.78 is 0. The Balaban J connectivity index is 2.52. The monoisotopic (exact) mass is 177 g/mol. The van der Waals surface area contributed by atoms with E-state index in [-0.39, 0.29) is 0 Å². The number of nitrogens with zero attached hydrogens (tertiary/aromatic N) is 3. The third-order valence-corrected chi connectivity index (χ3v) is 1.73. The topological polar surface area (TPSA) is 38.7 Å². The molecular weight excluding hydrogens is 172 g/mol. The Labute approximate surface area is 84.5 Å². The molecule has 0 aliphatic heterocycles. The summed E-state index contributed by atoms with van der Waals surface area (Å²) in [4.78, 5) is 11.7. The lowest BCUT2D eigenvalue weighted by atomic mass is 9.85. The van der Waals surface area contributed by atoms with Gasteiger partial charge in [0.2, 0.25) is 0 Å². The first-order valence-electron chi connectivity index (χ1n) is 4.04. The zero-order chi connectivity index (χ0) is 9.97.